The van der Waals surface area contributed by atoms with E-state index in [1.165, 1.54) is 0 Å². The first kappa shape index (κ1) is 20.5. The fourth-order valence-corrected chi connectivity index (χ4v) is 4.11. The number of piperidine rings is 1. The molecule has 1 N–H and O–H groups in total. The van der Waals surface area contributed by atoms with E-state index in [4.69, 9.17) is 23.2 Å². The second kappa shape index (κ2) is 8.94. The Morgan fingerprint density at radius 1 is 0.933 bits per heavy atom. The Balaban J connectivity index is 1.32. The molecular weight excluding hydrogens is 421 g/mol. The van der Waals surface area contributed by atoms with Gasteiger partial charge in [-0.05, 0) is 67.4 Å². The minimum Gasteiger partial charge on any atom is -0.349 e. The van der Waals surface area contributed by atoms with Crippen LogP contribution in [0.4, 0.5) is 0 Å². The Bertz CT molecular complexity index is 1040. The molecule has 2 heterocycles. The molecule has 4 rings (SSSR count). The number of amides is 2. The van der Waals surface area contributed by atoms with E-state index in [0.29, 0.717) is 47.1 Å². The van der Waals surface area contributed by atoms with E-state index in [1.807, 2.05) is 53.4 Å². The number of hydrogen-bond acceptors (Lipinski definition) is 2. The monoisotopic (exact) mass is 441 g/mol. The van der Waals surface area contributed by atoms with E-state index in [0.717, 1.165) is 5.69 Å². The van der Waals surface area contributed by atoms with Gasteiger partial charge in [0.25, 0.3) is 11.8 Å². The van der Waals surface area contributed by atoms with Crippen molar-refractivity contribution >= 4 is 35.0 Å². The van der Waals surface area contributed by atoms with Crippen LogP contribution in [0.3, 0.4) is 0 Å². The highest BCUT2D eigenvalue weighted by Crippen LogP contribution is 2.24. The molecule has 0 unspecified atom stereocenters. The second-order valence-corrected chi connectivity index (χ2v) is 8.14. The highest BCUT2D eigenvalue weighted by molar-refractivity contribution is 6.36. The summed E-state index contributed by atoms with van der Waals surface area (Å²) >= 11 is 12.1. The van der Waals surface area contributed by atoms with Gasteiger partial charge in [-0.15, -0.1) is 0 Å². The summed E-state index contributed by atoms with van der Waals surface area (Å²) in [5.74, 6) is -0.207. The number of nitrogens with one attached hydrogen (secondary N) is 1. The Morgan fingerprint density at radius 3 is 2.23 bits per heavy atom. The lowest BCUT2D eigenvalue weighted by atomic mass is 10.0. The van der Waals surface area contributed by atoms with Crippen molar-refractivity contribution in [2.45, 2.75) is 18.9 Å². The molecule has 1 aliphatic rings. The third kappa shape index (κ3) is 4.53. The first-order valence-electron chi connectivity index (χ1n) is 9.80. The second-order valence-electron chi connectivity index (χ2n) is 7.30. The molecule has 0 saturated carbocycles. The number of halogens is 2. The SMILES string of the molecule is O=C(NC1CCN(C(=O)c2ccc(Cl)cc2Cl)CC1)c1ccc(-n2cccc2)cc1. The van der Waals surface area contributed by atoms with Crippen LogP contribution in [0.1, 0.15) is 33.6 Å². The van der Waals surface area contributed by atoms with Crippen LogP contribution < -0.4 is 5.32 Å². The molecule has 2 amide bonds. The summed E-state index contributed by atoms with van der Waals surface area (Å²) in [6.45, 7) is 1.13. The van der Waals surface area contributed by atoms with Crippen molar-refractivity contribution in [2.24, 2.45) is 0 Å². The predicted octanol–water partition coefficient (Wildman–Crippen LogP) is 4.82. The Hall–Kier alpha value is -2.76. The van der Waals surface area contributed by atoms with Crippen LogP contribution in [0.2, 0.25) is 10.0 Å². The van der Waals surface area contributed by atoms with Crippen molar-refractivity contribution in [3.8, 4) is 5.69 Å². The van der Waals surface area contributed by atoms with Gasteiger partial charge >= 0.3 is 0 Å². The molecule has 0 bridgehead atoms. The maximum atomic E-state index is 12.7. The topological polar surface area (TPSA) is 54.3 Å². The van der Waals surface area contributed by atoms with Crippen molar-refractivity contribution in [1.29, 1.82) is 0 Å². The molecule has 5 nitrogen and oxygen atoms in total. The summed E-state index contributed by atoms with van der Waals surface area (Å²) in [5, 5.41) is 3.93. The van der Waals surface area contributed by atoms with Gasteiger partial charge in [0.1, 0.15) is 0 Å². The molecule has 154 valence electrons. The third-order valence-electron chi connectivity index (χ3n) is 5.31. The van der Waals surface area contributed by atoms with E-state index < -0.39 is 0 Å². The smallest absolute Gasteiger partial charge is 0.255 e. The Kier molecular flexibility index (Phi) is 6.11. The van der Waals surface area contributed by atoms with Crippen molar-refractivity contribution in [3.63, 3.8) is 0 Å². The Morgan fingerprint density at radius 2 is 1.60 bits per heavy atom. The van der Waals surface area contributed by atoms with Gasteiger partial charge in [-0.25, -0.2) is 0 Å². The van der Waals surface area contributed by atoms with Gasteiger partial charge in [0.05, 0.1) is 10.6 Å². The van der Waals surface area contributed by atoms with Gasteiger partial charge in [0.15, 0.2) is 0 Å². The molecule has 2 aromatic carbocycles. The number of carbonyl (C=O) groups excluding carboxylic acids is 2. The minimum absolute atomic E-state index is 0.0337. The summed E-state index contributed by atoms with van der Waals surface area (Å²) in [4.78, 5) is 27.1. The van der Waals surface area contributed by atoms with E-state index in [2.05, 4.69) is 5.32 Å². The van der Waals surface area contributed by atoms with Crippen molar-refractivity contribution in [3.05, 3.63) is 88.2 Å². The molecule has 0 aliphatic carbocycles. The average molecular weight is 442 g/mol. The summed E-state index contributed by atoms with van der Waals surface area (Å²) < 4.78 is 1.99. The van der Waals surface area contributed by atoms with Crippen LogP contribution in [-0.4, -0.2) is 40.4 Å². The van der Waals surface area contributed by atoms with Crippen LogP contribution in [0.5, 0.6) is 0 Å². The first-order valence-corrected chi connectivity index (χ1v) is 10.6. The molecule has 0 spiro atoms. The highest BCUT2D eigenvalue weighted by Gasteiger charge is 2.26. The molecule has 1 aromatic heterocycles. The maximum absolute atomic E-state index is 12.7. The van der Waals surface area contributed by atoms with Gasteiger partial charge in [0.2, 0.25) is 0 Å². The van der Waals surface area contributed by atoms with Gasteiger partial charge < -0.3 is 14.8 Å². The van der Waals surface area contributed by atoms with Gasteiger partial charge in [-0.3, -0.25) is 9.59 Å². The van der Waals surface area contributed by atoms with E-state index in [9.17, 15) is 9.59 Å². The van der Waals surface area contributed by atoms with Crippen molar-refractivity contribution < 1.29 is 9.59 Å². The lowest BCUT2D eigenvalue weighted by Gasteiger charge is -2.32. The molecule has 1 fully saturated rings. The van der Waals surface area contributed by atoms with Gasteiger partial charge in [0, 0.05) is 47.8 Å². The zero-order valence-corrected chi connectivity index (χ0v) is 17.7. The van der Waals surface area contributed by atoms with E-state index in [1.54, 1.807) is 23.1 Å². The summed E-state index contributed by atoms with van der Waals surface area (Å²) in [6.07, 6.45) is 5.32. The zero-order chi connectivity index (χ0) is 21.1. The lowest BCUT2D eigenvalue weighted by Crippen LogP contribution is -2.46. The van der Waals surface area contributed by atoms with Crippen LogP contribution in [0.25, 0.3) is 5.69 Å². The standard InChI is InChI=1S/C23H21Cl2N3O2/c24-17-5-8-20(21(25)15-17)23(30)28-13-9-18(10-14-28)26-22(29)16-3-6-19(7-4-16)27-11-1-2-12-27/h1-8,11-12,15,18H,9-10,13-14H2,(H,26,29). The molecule has 0 atom stereocenters. The fourth-order valence-electron chi connectivity index (χ4n) is 3.62. The normalized spacial score (nSPS) is 14.5. The van der Waals surface area contributed by atoms with E-state index >= 15 is 0 Å². The molecule has 3 aromatic rings. The Labute approximate surface area is 185 Å². The number of nitrogens with zero attached hydrogens (tertiary/aromatic N) is 2. The highest BCUT2D eigenvalue weighted by atomic mass is 35.5. The molecule has 1 aliphatic heterocycles. The van der Waals surface area contributed by atoms with Crippen LogP contribution in [-0.2, 0) is 0 Å². The predicted molar refractivity (Wildman–Crippen MR) is 119 cm³/mol. The third-order valence-corrected chi connectivity index (χ3v) is 5.86. The molecule has 30 heavy (non-hydrogen) atoms. The van der Waals surface area contributed by atoms with Crippen LogP contribution in [0, 0.1) is 0 Å². The summed E-state index contributed by atoms with van der Waals surface area (Å²) in [6, 6.07) is 16.3. The number of carbonyl (C=O) groups is 2. The van der Waals surface area contributed by atoms with Gasteiger partial charge in [-0.1, -0.05) is 23.2 Å². The van der Waals surface area contributed by atoms with Crippen molar-refractivity contribution in [1.82, 2.24) is 14.8 Å². The minimum atomic E-state index is -0.109. The van der Waals surface area contributed by atoms with Gasteiger partial charge in [-0.2, -0.15) is 0 Å². The molecule has 0 radical (unpaired) electrons. The number of hydrogen-bond donors (Lipinski definition) is 1. The number of aromatic nitrogens is 1. The first-order chi connectivity index (χ1) is 14.5. The average Bonchev–Trinajstić information content (AvgIpc) is 3.29. The van der Waals surface area contributed by atoms with Crippen LogP contribution in [0.15, 0.2) is 67.0 Å². The quantitative estimate of drug-likeness (QED) is 0.630. The number of rotatable bonds is 4. The largest absolute Gasteiger partial charge is 0.349 e. The van der Waals surface area contributed by atoms with Crippen molar-refractivity contribution in [2.75, 3.05) is 13.1 Å². The maximum Gasteiger partial charge on any atom is 0.255 e. The molecule has 7 heteroatoms. The summed E-state index contributed by atoms with van der Waals surface area (Å²) in [7, 11) is 0. The summed E-state index contributed by atoms with van der Waals surface area (Å²) in [5.41, 5.74) is 2.08. The zero-order valence-electron chi connectivity index (χ0n) is 16.2. The van der Waals surface area contributed by atoms with Crippen LogP contribution >= 0.6 is 23.2 Å². The van der Waals surface area contributed by atoms with E-state index in [-0.39, 0.29) is 17.9 Å². The lowest BCUT2D eigenvalue weighted by molar-refractivity contribution is 0.0698. The number of benzene rings is 2. The molecule has 1 saturated heterocycles. The number of likely N-dealkylation sites (tertiary alicyclic amines) is 1. The fraction of sp³-hybridized carbons (Fsp3) is 0.217. The molecular formula is C23H21Cl2N3O2.